The van der Waals surface area contributed by atoms with Gasteiger partial charge in [-0.2, -0.15) is 0 Å². The normalized spacial score (nSPS) is 11.0. The highest BCUT2D eigenvalue weighted by molar-refractivity contribution is 5.84. The van der Waals surface area contributed by atoms with Crippen molar-refractivity contribution in [2.24, 2.45) is 0 Å². The topological polar surface area (TPSA) is 54.5 Å². The van der Waals surface area contributed by atoms with Gasteiger partial charge in [-0.1, -0.05) is 48.5 Å². The van der Waals surface area contributed by atoms with Gasteiger partial charge >= 0.3 is 6.09 Å². The van der Waals surface area contributed by atoms with Crippen molar-refractivity contribution in [3.05, 3.63) is 84.6 Å². The predicted molar refractivity (Wildman–Crippen MR) is 113 cm³/mol. The Labute approximate surface area is 166 Å². The van der Waals surface area contributed by atoms with E-state index in [1.54, 1.807) is 6.20 Å². The number of aromatic nitrogens is 1. The number of benzene rings is 2. The zero-order valence-corrected chi connectivity index (χ0v) is 16.4. The number of amides is 1. The van der Waals surface area contributed by atoms with Crippen LogP contribution in [0.3, 0.4) is 0 Å². The SMILES string of the molecule is CC(C)(C)OC(=O)Nc1ccc(N(Cc2ccccc2)c2ccccc2)nc1. The first-order valence-electron chi connectivity index (χ1n) is 9.23. The summed E-state index contributed by atoms with van der Waals surface area (Å²) in [6, 6.07) is 24.1. The van der Waals surface area contributed by atoms with Gasteiger partial charge in [-0.15, -0.1) is 0 Å². The predicted octanol–water partition coefficient (Wildman–Crippen LogP) is 5.77. The number of nitrogens with one attached hydrogen (secondary N) is 1. The Hall–Kier alpha value is -3.34. The minimum absolute atomic E-state index is 0.494. The standard InChI is InChI=1S/C23H25N3O2/c1-23(2,3)28-22(27)25-19-14-15-21(24-16-19)26(20-12-8-5-9-13-20)17-18-10-6-4-7-11-18/h4-16H,17H2,1-3H3,(H,25,27). The Bertz CT molecular complexity index is 889. The summed E-state index contributed by atoms with van der Waals surface area (Å²) in [5.41, 5.74) is 2.28. The van der Waals surface area contributed by atoms with Crippen LogP contribution in [0.15, 0.2) is 79.0 Å². The molecule has 0 unspecified atom stereocenters. The largest absolute Gasteiger partial charge is 0.444 e. The van der Waals surface area contributed by atoms with Crippen LogP contribution in [0.5, 0.6) is 0 Å². The van der Waals surface area contributed by atoms with Crippen LogP contribution in [-0.2, 0) is 11.3 Å². The summed E-state index contributed by atoms with van der Waals surface area (Å²) in [4.78, 5) is 18.6. The van der Waals surface area contributed by atoms with Crippen LogP contribution in [0.25, 0.3) is 0 Å². The second-order valence-corrected chi connectivity index (χ2v) is 7.44. The minimum Gasteiger partial charge on any atom is -0.444 e. The number of pyridine rings is 1. The van der Waals surface area contributed by atoms with Gasteiger partial charge in [0.25, 0.3) is 0 Å². The van der Waals surface area contributed by atoms with Crippen LogP contribution in [0.1, 0.15) is 26.3 Å². The molecule has 0 saturated carbocycles. The lowest BCUT2D eigenvalue weighted by molar-refractivity contribution is 0.0636. The maximum atomic E-state index is 11.9. The molecule has 0 bridgehead atoms. The molecule has 3 rings (SSSR count). The fourth-order valence-electron chi connectivity index (χ4n) is 2.72. The quantitative estimate of drug-likeness (QED) is 0.615. The third kappa shape index (κ3) is 5.58. The Morgan fingerprint density at radius 1 is 0.964 bits per heavy atom. The van der Waals surface area contributed by atoms with Crippen LogP contribution in [0.2, 0.25) is 0 Å². The second-order valence-electron chi connectivity index (χ2n) is 7.44. The number of carbonyl (C=O) groups excluding carboxylic acids is 1. The van der Waals surface area contributed by atoms with Gasteiger partial charge in [-0.25, -0.2) is 9.78 Å². The first-order chi connectivity index (χ1) is 13.4. The van der Waals surface area contributed by atoms with E-state index in [0.717, 1.165) is 11.5 Å². The van der Waals surface area contributed by atoms with Gasteiger partial charge in [-0.05, 0) is 50.6 Å². The molecule has 5 heteroatoms. The molecule has 0 atom stereocenters. The van der Waals surface area contributed by atoms with Gasteiger partial charge in [0.15, 0.2) is 0 Å². The maximum Gasteiger partial charge on any atom is 0.412 e. The van der Waals surface area contributed by atoms with Crippen molar-refractivity contribution in [1.82, 2.24) is 4.98 Å². The first kappa shape index (κ1) is 19.4. The van der Waals surface area contributed by atoms with E-state index in [1.807, 2.05) is 69.3 Å². The molecule has 0 aliphatic rings. The van der Waals surface area contributed by atoms with Crippen LogP contribution in [0.4, 0.5) is 22.0 Å². The Morgan fingerprint density at radius 2 is 1.61 bits per heavy atom. The Morgan fingerprint density at radius 3 is 2.18 bits per heavy atom. The summed E-state index contributed by atoms with van der Waals surface area (Å²) in [5.74, 6) is 0.796. The van der Waals surface area contributed by atoms with E-state index < -0.39 is 11.7 Å². The Balaban J connectivity index is 1.80. The molecular formula is C23H25N3O2. The average molecular weight is 375 g/mol. The molecule has 3 aromatic rings. The fraction of sp³-hybridized carbons (Fsp3) is 0.217. The number of para-hydroxylation sites is 1. The zero-order valence-electron chi connectivity index (χ0n) is 16.4. The van der Waals surface area contributed by atoms with E-state index in [-0.39, 0.29) is 0 Å². The lowest BCUT2D eigenvalue weighted by atomic mass is 10.2. The van der Waals surface area contributed by atoms with Gasteiger partial charge in [0.05, 0.1) is 11.9 Å². The van der Waals surface area contributed by atoms with Crippen molar-refractivity contribution >= 4 is 23.3 Å². The van der Waals surface area contributed by atoms with E-state index in [4.69, 9.17) is 4.74 Å². The van der Waals surface area contributed by atoms with Crippen molar-refractivity contribution in [1.29, 1.82) is 0 Å². The van der Waals surface area contributed by atoms with Crippen LogP contribution in [0, 0.1) is 0 Å². The molecular weight excluding hydrogens is 350 g/mol. The average Bonchev–Trinajstić information content (AvgIpc) is 2.67. The number of ether oxygens (including phenoxy) is 1. The number of hydrogen-bond acceptors (Lipinski definition) is 4. The van der Waals surface area contributed by atoms with Crippen LogP contribution < -0.4 is 10.2 Å². The molecule has 2 aromatic carbocycles. The van der Waals surface area contributed by atoms with Crippen molar-refractivity contribution in [3.8, 4) is 0 Å². The van der Waals surface area contributed by atoms with E-state index in [9.17, 15) is 4.79 Å². The molecule has 28 heavy (non-hydrogen) atoms. The molecule has 0 saturated heterocycles. The smallest absolute Gasteiger partial charge is 0.412 e. The number of anilines is 3. The fourth-order valence-corrected chi connectivity index (χ4v) is 2.72. The molecule has 0 spiro atoms. The molecule has 0 radical (unpaired) electrons. The van der Waals surface area contributed by atoms with Crippen molar-refractivity contribution < 1.29 is 9.53 Å². The lowest BCUT2D eigenvalue weighted by Gasteiger charge is -2.24. The molecule has 5 nitrogen and oxygen atoms in total. The zero-order chi connectivity index (χ0) is 20.0. The van der Waals surface area contributed by atoms with Gasteiger partial charge in [0.1, 0.15) is 11.4 Å². The van der Waals surface area contributed by atoms with Gasteiger partial charge in [-0.3, -0.25) is 5.32 Å². The first-order valence-corrected chi connectivity index (χ1v) is 9.23. The molecule has 144 valence electrons. The highest BCUT2D eigenvalue weighted by Gasteiger charge is 2.17. The summed E-state index contributed by atoms with van der Waals surface area (Å²) in [6.45, 7) is 6.18. The molecule has 1 heterocycles. The van der Waals surface area contributed by atoms with Crippen molar-refractivity contribution in [2.75, 3.05) is 10.2 Å². The summed E-state index contributed by atoms with van der Waals surface area (Å²) in [6.07, 6.45) is 1.14. The number of rotatable bonds is 5. The van der Waals surface area contributed by atoms with E-state index >= 15 is 0 Å². The van der Waals surface area contributed by atoms with E-state index in [2.05, 4.69) is 39.5 Å². The van der Waals surface area contributed by atoms with Gasteiger partial charge in [0, 0.05) is 12.2 Å². The van der Waals surface area contributed by atoms with E-state index in [1.165, 1.54) is 5.56 Å². The highest BCUT2D eigenvalue weighted by atomic mass is 16.6. The minimum atomic E-state index is -0.544. The van der Waals surface area contributed by atoms with Crippen LogP contribution in [-0.4, -0.2) is 16.7 Å². The molecule has 0 fully saturated rings. The molecule has 0 aliphatic heterocycles. The van der Waals surface area contributed by atoms with Gasteiger partial charge < -0.3 is 9.64 Å². The Kier molecular flexibility index (Phi) is 5.94. The maximum absolute atomic E-state index is 11.9. The third-order valence-electron chi connectivity index (χ3n) is 3.92. The second kappa shape index (κ2) is 8.57. The summed E-state index contributed by atoms with van der Waals surface area (Å²) in [5, 5.41) is 2.71. The highest BCUT2D eigenvalue weighted by Crippen LogP contribution is 2.26. The summed E-state index contributed by atoms with van der Waals surface area (Å²) in [7, 11) is 0. The number of hydrogen-bond donors (Lipinski definition) is 1. The monoisotopic (exact) mass is 375 g/mol. The molecule has 1 N–H and O–H groups in total. The molecule has 0 aliphatic carbocycles. The summed E-state index contributed by atoms with van der Waals surface area (Å²) >= 11 is 0. The van der Waals surface area contributed by atoms with Gasteiger partial charge in [0.2, 0.25) is 0 Å². The molecule has 1 amide bonds. The number of carbonyl (C=O) groups is 1. The van der Waals surface area contributed by atoms with Crippen molar-refractivity contribution in [2.45, 2.75) is 32.9 Å². The van der Waals surface area contributed by atoms with E-state index in [0.29, 0.717) is 12.2 Å². The van der Waals surface area contributed by atoms with Crippen LogP contribution >= 0.6 is 0 Å². The van der Waals surface area contributed by atoms with Crippen molar-refractivity contribution in [3.63, 3.8) is 0 Å². The lowest BCUT2D eigenvalue weighted by Crippen LogP contribution is -2.27. The number of nitrogens with zero attached hydrogens (tertiary/aromatic N) is 2. The molecule has 1 aromatic heterocycles. The third-order valence-corrected chi connectivity index (χ3v) is 3.92. The summed E-state index contributed by atoms with van der Waals surface area (Å²) < 4.78 is 5.28.